The Balaban J connectivity index is 2.25. The van der Waals surface area contributed by atoms with Gasteiger partial charge in [-0.05, 0) is 35.9 Å². The van der Waals surface area contributed by atoms with Crippen molar-refractivity contribution in [3.05, 3.63) is 69.3 Å². The minimum Gasteiger partial charge on any atom is -0.493 e. The molecule has 9 heteroatoms. The number of esters is 2. The first-order valence-corrected chi connectivity index (χ1v) is 7.74. The van der Waals surface area contributed by atoms with Crippen LogP contribution in [0, 0.1) is 21.4 Å². The Kier molecular flexibility index (Phi) is 6.44. The number of carbonyl (C=O) groups excluding carboxylic acids is 2. The van der Waals surface area contributed by atoms with Gasteiger partial charge in [-0.25, -0.2) is 9.59 Å². The van der Waals surface area contributed by atoms with Crippen molar-refractivity contribution in [2.24, 2.45) is 0 Å². The summed E-state index contributed by atoms with van der Waals surface area (Å²) in [7, 11) is 2.52. The molecule has 0 heterocycles. The van der Waals surface area contributed by atoms with Crippen LogP contribution >= 0.6 is 0 Å². The molecular formula is C19H14N2O7. The van der Waals surface area contributed by atoms with E-state index in [0.29, 0.717) is 5.56 Å². The predicted octanol–water partition coefficient (Wildman–Crippen LogP) is 2.90. The van der Waals surface area contributed by atoms with Crippen LogP contribution in [-0.2, 0) is 9.53 Å². The molecule has 0 fully saturated rings. The summed E-state index contributed by atoms with van der Waals surface area (Å²) < 4.78 is 15.0. The van der Waals surface area contributed by atoms with Gasteiger partial charge in [0.2, 0.25) is 0 Å². The summed E-state index contributed by atoms with van der Waals surface area (Å²) in [6.07, 6.45) is 1.30. The zero-order valence-electron chi connectivity index (χ0n) is 14.9. The number of hydrogen-bond acceptors (Lipinski definition) is 8. The number of rotatable bonds is 6. The first-order valence-electron chi connectivity index (χ1n) is 7.74. The van der Waals surface area contributed by atoms with Gasteiger partial charge in [-0.3, -0.25) is 10.1 Å². The van der Waals surface area contributed by atoms with Gasteiger partial charge in [-0.15, -0.1) is 0 Å². The average Bonchev–Trinajstić information content (AvgIpc) is 2.72. The number of nitro benzene ring substituents is 1. The molecule has 0 aliphatic carbocycles. The minimum absolute atomic E-state index is 0.0968. The average molecular weight is 382 g/mol. The second-order valence-electron chi connectivity index (χ2n) is 5.27. The summed E-state index contributed by atoms with van der Waals surface area (Å²) >= 11 is 0. The van der Waals surface area contributed by atoms with Gasteiger partial charge in [-0.1, -0.05) is 6.07 Å². The maximum atomic E-state index is 12.2. The Morgan fingerprint density at radius 1 is 1.11 bits per heavy atom. The van der Waals surface area contributed by atoms with E-state index in [9.17, 15) is 19.7 Å². The van der Waals surface area contributed by atoms with Gasteiger partial charge in [0.25, 0.3) is 5.69 Å². The van der Waals surface area contributed by atoms with Crippen molar-refractivity contribution < 1.29 is 28.7 Å². The number of carbonyl (C=O) groups is 2. The van der Waals surface area contributed by atoms with Crippen molar-refractivity contribution in [3.63, 3.8) is 0 Å². The van der Waals surface area contributed by atoms with E-state index in [1.165, 1.54) is 55.7 Å². The molecular weight excluding hydrogens is 368 g/mol. The summed E-state index contributed by atoms with van der Waals surface area (Å²) in [5, 5.41) is 19.7. The SMILES string of the molecule is COC(=O)/C(C#N)=C/c1ccc(OC(=O)c2ccc([N+](=O)[O-])cc2)c(OC)c1. The normalized spacial score (nSPS) is 10.5. The van der Waals surface area contributed by atoms with Crippen LogP contribution in [0.1, 0.15) is 15.9 Å². The van der Waals surface area contributed by atoms with Crippen molar-refractivity contribution >= 4 is 23.7 Å². The number of methoxy groups -OCH3 is 2. The topological polar surface area (TPSA) is 129 Å². The maximum Gasteiger partial charge on any atom is 0.348 e. The highest BCUT2D eigenvalue weighted by molar-refractivity contribution is 5.98. The van der Waals surface area contributed by atoms with Crippen molar-refractivity contribution in [1.29, 1.82) is 5.26 Å². The Morgan fingerprint density at radius 3 is 2.32 bits per heavy atom. The molecule has 0 saturated carbocycles. The molecule has 9 nitrogen and oxygen atoms in total. The van der Waals surface area contributed by atoms with E-state index >= 15 is 0 Å². The number of non-ortho nitro benzene ring substituents is 1. The summed E-state index contributed by atoms with van der Waals surface area (Å²) in [6.45, 7) is 0. The lowest BCUT2D eigenvalue weighted by atomic mass is 10.1. The van der Waals surface area contributed by atoms with Crippen LogP contribution in [0.3, 0.4) is 0 Å². The fraction of sp³-hybridized carbons (Fsp3) is 0.105. The van der Waals surface area contributed by atoms with Gasteiger partial charge in [-0.2, -0.15) is 5.26 Å². The third-order valence-electron chi connectivity index (χ3n) is 3.54. The molecule has 0 aromatic heterocycles. The third-order valence-corrected chi connectivity index (χ3v) is 3.54. The molecule has 0 saturated heterocycles. The first kappa shape index (κ1) is 20.1. The monoisotopic (exact) mass is 382 g/mol. The van der Waals surface area contributed by atoms with Gasteiger partial charge in [0.05, 0.1) is 24.7 Å². The van der Waals surface area contributed by atoms with E-state index in [1.54, 1.807) is 6.07 Å². The largest absolute Gasteiger partial charge is 0.493 e. The fourth-order valence-corrected chi connectivity index (χ4v) is 2.15. The zero-order chi connectivity index (χ0) is 20.7. The Hall–Kier alpha value is -4.19. The van der Waals surface area contributed by atoms with Crippen LogP contribution in [-0.4, -0.2) is 31.1 Å². The second-order valence-corrected chi connectivity index (χ2v) is 5.27. The lowest BCUT2D eigenvalue weighted by Gasteiger charge is -2.10. The summed E-state index contributed by atoms with van der Waals surface area (Å²) in [6, 6.07) is 11.1. The summed E-state index contributed by atoms with van der Waals surface area (Å²) in [5.74, 6) is -1.23. The van der Waals surface area contributed by atoms with E-state index in [0.717, 1.165) is 7.11 Å². The van der Waals surface area contributed by atoms with E-state index in [2.05, 4.69) is 4.74 Å². The van der Waals surface area contributed by atoms with Crippen molar-refractivity contribution in [2.45, 2.75) is 0 Å². The molecule has 2 aromatic carbocycles. The number of nitriles is 1. The smallest absolute Gasteiger partial charge is 0.348 e. The molecule has 0 unspecified atom stereocenters. The standard InChI is InChI=1S/C19H14N2O7/c1-26-17-10-12(9-14(11-20)18(22)27-2)3-8-16(17)28-19(23)13-4-6-15(7-5-13)21(24)25/h3-10H,1-2H3/b14-9+. The van der Waals surface area contributed by atoms with E-state index < -0.39 is 16.9 Å². The highest BCUT2D eigenvalue weighted by atomic mass is 16.6. The molecule has 0 N–H and O–H groups in total. The van der Waals surface area contributed by atoms with Crippen LogP contribution in [0.5, 0.6) is 11.5 Å². The molecule has 0 radical (unpaired) electrons. The molecule has 0 aliphatic heterocycles. The van der Waals surface area contributed by atoms with Crippen molar-refractivity contribution in [2.75, 3.05) is 14.2 Å². The zero-order valence-corrected chi connectivity index (χ0v) is 14.9. The van der Waals surface area contributed by atoms with Crippen molar-refractivity contribution in [3.8, 4) is 17.6 Å². The Bertz CT molecular complexity index is 988. The molecule has 0 spiro atoms. The lowest BCUT2D eigenvalue weighted by Crippen LogP contribution is -2.09. The molecule has 142 valence electrons. The molecule has 0 aliphatic rings. The number of nitro groups is 1. The van der Waals surface area contributed by atoms with Gasteiger partial charge >= 0.3 is 11.9 Å². The maximum absolute atomic E-state index is 12.2. The summed E-state index contributed by atoms with van der Waals surface area (Å²) in [4.78, 5) is 33.8. The molecule has 0 bridgehead atoms. The number of hydrogen-bond donors (Lipinski definition) is 0. The fourth-order valence-electron chi connectivity index (χ4n) is 2.15. The molecule has 0 amide bonds. The molecule has 2 aromatic rings. The minimum atomic E-state index is -0.782. The first-order chi connectivity index (χ1) is 13.4. The van der Waals surface area contributed by atoms with Crippen LogP contribution in [0.25, 0.3) is 6.08 Å². The number of nitrogens with zero attached hydrogens (tertiary/aromatic N) is 2. The van der Waals surface area contributed by atoms with Crippen LogP contribution in [0.2, 0.25) is 0 Å². The lowest BCUT2D eigenvalue weighted by molar-refractivity contribution is -0.384. The molecule has 2 rings (SSSR count). The predicted molar refractivity (Wildman–Crippen MR) is 96.7 cm³/mol. The van der Waals surface area contributed by atoms with E-state index in [1.807, 2.05) is 0 Å². The Morgan fingerprint density at radius 2 is 1.79 bits per heavy atom. The summed E-state index contributed by atoms with van der Waals surface area (Å²) in [5.41, 5.74) is 0.215. The highest BCUT2D eigenvalue weighted by Gasteiger charge is 2.15. The van der Waals surface area contributed by atoms with Crippen LogP contribution in [0.15, 0.2) is 48.0 Å². The molecule has 0 atom stereocenters. The molecule has 28 heavy (non-hydrogen) atoms. The Labute approximate surface area is 159 Å². The van der Waals surface area contributed by atoms with Crippen molar-refractivity contribution in [1.82, 2.24) is 0 Å². The number of ether oxygens (including phenoxy) is 3. The highest BCUT2D eigenvalue weighted by Crippen LogP contribution is 2.30. The van der Waals surface area contributed by atoms with Gasteiger partial charge < -0.3 is 14.2 Å². The third kappa shape index (κ3) is 4.70. The van der Waals surface area contributed by atoms with Gasteiger partial charge in [0.15, 0.2) is 11.5 Å². The van der Waals surface area contributed by atoms with Gasteiger partial charge in [0.1, 0.15) is 11.6 Å². The second kappa shape index (κ2) is 8.95. The van der Waals surface area contributed by atoms with E-state index in [-0.39, 0.29) is 28.3 Å². The van der Waals surface area contributed by atoms with Gasteiger partial charge in [0, 0.05) is 12.1 Å². The van der Waals surface area contributed by atoms with E-state index in [4.69, 9.17) is 14.7 Å². The van der Waals surface area contributed by atoms with Crippen LogP contribution in [0.4, 0.5) is 5.69 Å². The number of benzene rings is 2. The van der Waals surface area contributed by atoms with Crippen LogP contribution < -0.4 is 9.47 Å². The quantitative estimate of drug-likeness (QED) is 0.186.